The van der Waals surface area contributed by atoms with Crippen molar-refractivity contribution in [1.82, 2.24) is 15.2 Å². The largest absolute Gasteiger partial charge is 0.480 e. The number of thioether (sulfide) groups is 1. The van der Waals surface area contributed by atoms with Gasteiger partial charge in [0.2, 0.25) is 5.91 Å². The molecule has 4 rings (SSSR count). The summed E-state index contributed by atoms with van der Waals surface area (Å²) in [6.45, 7) is 4.89. The first-order valence-corrected chi connectivity index (χ1v) is 12.9. The average molecular weight is 526 g/mol. The molecule has 0 radical (unpaired) electrons. The van der Waals surface area contributed by atoms with Crippen molar-refractivity contribution in [2.45, 2.75) is 80.9 Å². The number of fused-ring (bicyclic) bond motifs is 1. The summed E-state index contributed by atoms with van der Waals surface area (Å²) in [6, 6.07) is -1.87. The smallest absolute Gasteiger partial charge is 0.327 e. The zero-order chi connectivity index (χ0) is 25.5. The van der Waals surface area contributed by atoms with Gasteiger partial charge in [-0.3, -0.25) is 14.4 Å². The van der Waals surface area contributed by atoms with Crippen molar-refractivity contribution in [2.24, 2.45) is 5.16 Å². The SMILES string of the molecule is CC(=O)OC1CCC(O/N=C(\C(=O)N[C@@H]2C(=O)N3[C@@H]2SC(C)(C)[C@@H]3C(=O)O)c2csc(N)n2)CC1. The number of aliphatic carboxylic acids is 1. The van der Waals surface area contributed by atoms with Crippen LogP contribution in [0.4, 0.5) is 5.13 Å². The van der Waals surface area contributed by atoms with Crippen LogP contribution in [-0.2, 0) is 28.8 Å². The molecule has 35 heavy (non-hydrogen) atoms. The molecule has 3 heterocycles. The van der Waals surface area contributed by atoms with E-state index in [1.807, 2.05) is 0 Å². The highest BCUT2D eigenvalue weighted by Crippen LogP contribution is 2.50. The number of β-lactam (4-membered cyclic amide) rings is 1. The first-order chi connectivity index (χ1) is 16.5. The number of carboxylic acids is 1. The minimum Gasteiger partial charge on any atom is -0.480 e. The molecule has 2 aliphatic heterocycles. The predicted octanol–water partition coefficient (Wildman–Crippen LogP) is 0.952. The molecule has 3 fully saturated rings. The number of hydrogen-bond acceptors (Lipinski definition) is 11. The topological polar surface area (TPSA) is 174 Å². The summed E-state index contributed by atoms with van der Waals surface area (Å²) in [5.74, 6) is -2.54. The normalized spacial score (nSPS) is 29.7. The van der Waals surface area contributed by atoms with Crippen molar-refractivity contribution in [2.75, 3.05) is 5.73 Å². The standard InChI is InChI=1S/C21H27N5O7S2/c1-9(27)32-10-4-6-11(7-5-10)33-25-13(12-8-34-20(22)23-12)16(28)24-14-17(29)26-15(19(30)31)21(2,3)35-18(14)26/h8,10-11,14-15,18H,4-7H2,1-3H3,(H2,22,23)(H,24,28)(H,30,31)/b25-13-/t10?,11?,14-,15+,18-/m1/s1. The van der Waals surface area contributed by atoms with Gasteiger partial charge in [-0.05, 0) is 39.5 Å². The van der Waals surface area contributed by atoms with Crippen LogP contribution >= 0.6 is 23.1 Å². The van der Waals surface area contributed by atoms with Crippen molar-refractivity contribution >= 4 is 57.7 Å². The van der Waals surface area contributed by atoms with E-state index in [1.165, 1.54) is 23.6 Å². The lowest BCUT2D eigenvalue weighted by Crippen LogP contribution is -2.71. The molecule has 1 aromatic heterocycles. The zero-order valence-corrected chi connectivity index (χ0v) is 21.1. The second-order valence-electron chi connectivity index (χ2n) is 9.17. The summed E-state index contributed by atoms with van der Waals surface area (Å²) in [6.07, 6.45) is 2.00. The van der Waals surface area contributed by atoms with Crippen LogP contribution < -0.4 is 11.1 Å². The van der Waals surface area contributed by atoms with Gasteiger partial charge in [0, 0.05) is 17.1 Å². The maximum atomic E-state index is 13.2. The van der Waals surface area contributed by atoms with Gasteiger partial charge in [-0.25, -0.2) is 9.78 Å². The number of nitrogen functional groups attached to an aromatic ring is 1. The van der Waals surface area contributed by atoms with E-state index < -0.39 is 40.0 Å². The van der Waals surface area contributed by atoms with Crippen LogP contribution in [0, 0.1) is 0 Å². The Balaban J connectivity index is 1.45. The van der Waals surface area contributed by atoms with E-state index in [0.29, 0.717) is 25.7 Å². The lowest BCUT2D eigenvalue weighted by Gasteiger charge is -2.43. The van der Waals surface area contributed by atoms with Gasteiger partial charge in [0.15, 0.2) is 10.8 Å². The Hall–Kier alpha value is -2.87. The van der Waals surface area contributed by atoms with Crippen LogP contribution in [0.25, 0.3) is 0 Å². The number of hydrogen-bond donors (Lipinski definition) is 3. The number of anilines is 1. The van der Waals surface area contributed by atoms with E-state index in [9.17, 15) is 24.3 Å². The molecule has 1 aliphatic carbocycles. The van der Waals surface area contributed by atoms with Gasteiger partial charge in [0.05, 0.1) is 0 Å². The lowest BCUT2D eigenvalue weighted by molar-refractivity contribution is -0.160. The summed E-state index contributed by atoms with van der Waals surface area (Å²) in [5, 5.41) is 17.6. The Labute approximate surface area is 209 Å². The number of thiazole rings is 1. The highest BCUT2D eigenvalue weighted by Gasteiger charge is 2.64. The first kappa shape index (κ1) is 25.2. The van der Waals surface area contributed by atoms with E-state index >= 15 is 0 Å². The number of nitrogens with two attached hydrogens (primary N) is 1. The summed E-state index contributed by atoms with van der Waals surface area (Å²) in [7, 11) is 0. The third-order valence-corrected chi connectivity index (χ3v) is 8.43. The number of esters is 1. The lowest BCUT2D eigenvalue weighted by atomic mass is 9.95. The summed E-state index contributed by atoms with van der Waals surface area (Å²) in [5.41, 5.74) is 5.82. The van der Waals surface area contributed by atoms with Crippen LogP contribution in [0.1, 0.15) is 52.1 Å². The number of ether oxygens (including phenoxy) is 1. The molecule has 0 bridgehead atoms. The molecule has 3 aliphatic rings. The van der Waals surface area contributed by atoms with Gasteiger partial charge in [0.25, 0.3) is 5.91 Å². The maximum Gasteiger partial charge on any atom is 0.327 e. The molecule has 14 heteroatoms. The van der Waals surface area contributed by atoms with Gasteiger partial charge in [-0.1, -0.05) is 5.16 Å². The number of carboxylic acid groups (broad SMARTS) is 1. The second-order valence-corrected chi connectivity index (χ2v) is 11.8. The number of nitrogens with zero attached hydrogens (tertiary/aromatic N) is 3. The molecule has 2 amide bonds. The van der Waals surface area contributed by atoms with E-state index in [2.05, 4.69) is 15.5 Å². The van der Waals surface area contributed by atoms with Gasteiger partial charge >= 0.3 is 11.9 Å². The average Bonchev–Trinajstić information content (AvgIpc) is 3.31. The Morgan fingerprint density at radius 3 is 2.49 bits per heavy atom. The first-order valence-electron chi connectivity index (χ1n) is 11.1. The number of carbonyl (C=O) groups excluding carboxylic acids is 3. The van der Waals surface area contributed by atoms with E-state index in [1.54, 1.807) is 19.2 Å². The van der Waals surface area contributed by atoms with Gasteiger partial charge in [-0.2, -0.15) is 0 Å². The minimum atomic E-state index is -1.08. The Morgan fingerprint density at radius 2 is 1.91 bits per heavy atom. The maximum absolute atomic E-state index is 13.2. The van der Waals surface area contributed by atoms with Crippen molar-refractivity contribution in [3.63, 3.8) is 0 Å². The van der Waals surface area contributed by atoms with Gasteiger partial charge < -0.3 is 30.6 Å². The Morgan fingerprint density at radius 1 is 1.26 bits per heavy atom. The fourth-order valence-corrected chi connectivity index (χ4v) is 6.75. The molecule has 1 saturated carbocycles. The molecule has 0 unspecified atom stereocenters. The third-order valence-electron chi connectivity index (χ3n) is 6.19. The predicted molar refractivity (Wildman–Crippen MR) is 128 cm³/mol. The fraction of sp³-hybridized carbons (Fsp3) is 0.619. The summed E-state index contributed by atoms with van der Waals surface area (Å²) in [4.78, 5) is 59.8. The molecule has 2 saturated heterocycles. The van der Waals surface area contributed by atoms with Crippen LogP contribution in [-0.4, -0.2) is 78.9 Å². The second kappa shape index (κ2) is 9.64. The number of nitrogens with one attached hydrogen (secondary N) is 1. The molecule has 12 nitrogen and oxygen atoms in total. The van der Waals surface area contributed by atoms with E-state index in [4.69, 9.17) is 15.3 Å². The Bertz CT molecular complexity index is 1070. The monoisotopic (exact) mass is 525 g/mol. The molecule has 4 N–H and O–H groups in total. The highest BCUT2D eigenvalue weighted by molar-refractivity contribution is 8.01. The molecule has 0 spiro atoms. The van der Waals surface area contributed by atoms with Crippen molar-refractivity contribution in [3.8, 4) is 0 Å². The molecular weight excluding hydrogens is 498 g/mol. The molecule has 1 aromatic rings. The van der Waals surface area contributed by atoms with E-state index in [0.717, 1.165) is 11.3 Å². The van der Waals surface area contributed by atoms with Gasteiger partial charge in [-0.15, -0.1) is 23.1 Å². The van der Waals surface area contributed by atoms with Crippen molar-refractivity contribution < 1.29 is 33.9 Å². The van der Waals surface area contributed by atoms with Crippen LogP contribution in [0.3, 0.4) is 0 Å². The number of rotatable bonds is 7. The molecule has 190 valence electrons. The minimum absolute atomic E-state index is 0.122. The number of aromatic nitrogens is 1. The van der Waals surface area contributed by atoms with Crippen LogP contribution in [0.15, 0.2) is 10.5 Å². The zero-order valence-electron chi connectivity index (χ0n) is 19.4. The summed E-state index contributed by atoms with van der Waals surface area (Å²) < 4.78 is 4.52. The third kappa shape index (κ3) is 5.08. The quantitative estimate of drug-likeness (QED) is 0.201. The van der Waals surface area contributed by atoms with Crippen LogP contribution in [0.2, 0.25) is 0 Å². The van der Waals surface area contributed by atoms with Gasteiger partial charge in [0.1, 0.15) is 35.4 Å². The van der Waals surface area contributed by atoms with Crippen molar-refractivity contribution in [3.05, 3.63) is 11.1 Å². The van der Waals surface area contributed by atoms with Crippen LogP contribution in [0.5, 0.6) is 0 Å². The Kier molecular flexibility index (Phi) is 6.95. The summed E-state index contributed by atoms with van der Waals surface area (Å²) >= 11 is 2.46. The fourth-order valence-electron chi connectivity index (χ4n) is 4.57. The number of carbonyl (C=O) groups is 4. The highest BCUT2D eigenvalue weighted by atomic mass is 32.2. The molecular formula is C21H27N5O7S2. The molecule has 3 atom stereocenters. The molecule has 0 aromatic carbocycles. The van der Waals surface area contributed by atoms with Crippen molar-refractivity contribution in [1.29, 1.82) is 0 Å². The number of amides is 2. The van der Waals surface area contributed by atoms with E-state index in [-0.39, 0.29) is 34.7 Å². The number of oxime groups is 1.